The van der Waals surface area contributed by atoms with Gasteiger partial charge in [-0.2, -0.15) is 0 Å². The number of nitrogens with two attached hydrogens (primary N) is 1. The number of hydrogen-bond donors (Lipinski definition) is 3. The number of rotatable bonds is 2. The van der Waals surface area contributed by atoms with Crippen LogP contribution in [0.25, 0.3) is 0 Å². The van der Waals surface area contributed by atoms with Crippen molar-refractivity contribution in [2.45, 2.75) is 12.8 Å². The third kappa shape index (κ3) is 1.70. The van der Waals surface area contributed by atoms with Gasteiger partial charge in [-0.15, -0.1) is 0 Å². The number of nitrogens with one attached hydrogen (secondary N) is 2. The average molecular weight is 191 g/mol. The van der Waals surface area contributed by atoms with Gasteiger partial charge in [0.25, 0.3) is 0 Å². The van der Waals surface area contributed by atoms with Gasteiger partial charge >= 0.3 is 0 Å². The van der Waals surface area contributed by atoms with E-state index in [0.717, 1.165) is 17.8 Å². The molecule has 1 heterocycles. The second kappa shape index (κ2) is 3.67. The molecule has 0 saturated heterocycles. The van der Waals surface area contributed by atoms with Crippen LogP contribution >= 0.6 is 0 Å². The number of anilines is 2. The second-order valence-corrected chi connectivity index (χ2v) is 3.30. The van der Waals surface area contributed by atoms with Crippen molar-refractivity contribution in [2.75, 3.05) is 17.3 Å². The van der Waals surface area contributed by atoms with Crippen molar-refractivity contribution in [3.8, 4) is 0 Å². The number of carbonyl (C=O) groups excluding carboxylic acids is 1. The van der Waals surface area contributed by atoms with Crippen molar-refractivity contribution in [3.05, 3.63) is 23.8 Å². The van der Waals surface area contributed by atoms with Crippen molar-refractivity contribution in [1.82, 2.24) is 0 Å². The summed E-state index contributed by atoms with van der Waals surface area (Å²) in [6, 6.07) is 5.85. The van der Waals surface area contributed by atoms with Crippen LogP contribution in [0.2, 0.25) is 0 Å². The molecule has 4 N–H and O–H groups in total. The van der Waals surface area contributed by atoms with Gasteiger partial charge in [0, 0.05) is 17.8 Å². The van der Waals surface area contributed by atoms with Crippen molar-refractivity contribution in [1.29, 1.82) is 0 Å². The molecule has 0 atom stereocenters. The summed E-state index contributed by atoms with van der Waals surface area (Å²) in [4.78, 5) is 11.1. The minimum absolute atomic E-state index is 0.0945. The van der Waals surface area contributed by atoms with E-state index in [1.165, 1.54) is 5.56 Å². The molecule has 2 rings (SSSR count). The first-order chi connectivity index (χ1) is 6.79. The van der Waals surface area contributed by atoms with Gasteiger partial charge in [0.2, 0.25) is 5.91 Å². The average Bonchev–Trinajstić information content (AvgIpc) is 2.19. The summed E-state index contributed by atoms with van der Waals surface area (Å²) in [6.45, 7) is 0.422. The Hall–Kier alpha value is -1.55. The van der Waals surface area contributed by atoms with Crippen LogP contribution in [0.15, 0.2) is 18.2 Å². The van der Waals surface area contributed by atoms with Crippen LogP contribution in [-0.4, -0.2) is 12.6 Å². The van der Waals surface area contributed by atoms with E-state index < -0.39 is 0 Å². The summed E-state index contributed by atoms with van der Waals surface area (Å²) >= 11 is 0. The highest BCUT2D eigenvalue weighted by Gasteiger charge is 2.14. The Morgan fingerprint density at radius 3 is 3.07 bits per heavy atom. The van der Waals surface area contributed by atoms with Crippen LogP contribution < -0.4 is 16.4 Å². The molecule has 0 saturated carbocycles. The highest BCUT2D eigenvalue weighted by molar-refractivity contribution is 5.94. The molecule has 4 heteroatoms. The first kappa shape index (κ1) is 9.02. The highest BCUT2D eigenvalue weighted by Crippen LogP contribution is 2.25. The summed E-state index contributed by atoms with van der Waals surface area (Å²) in [6.07, 6.45) is 1.38. The lowest BCUT2D eigenvalue weighted by Crippen LogP contribution is -2.19. The Bertz CT molecular complexity index is 362. The van der Waals surface area contributed by atoms with Crippen molar-refractivity contribution < 1.29 is 4.79 Å². The first-order valence-corrected chi connectivity index (χ1v) is 4.66. The summed E-state index contributed by atoms with van der Waals surface area (Å²) in [7, 11) is 0. The fourth-order valence-electron chi connectivity index (χ4n) is 1.61. The van der Waals surface area contributed by atoms with Gasteiger partial charge in [-0.05, 0) is 30.2 Å². The van der Waals surface area contributed by atoms with Crippen molar-refractivity contribution in [3.63, 3.8) is 0 Å². The topological polar surface area (TPSA) is 67.1 Å². The zero-order valence-corrected chi connectivity index (χ0v) is 7.84. The van der Waals surface area contributed by atoms with E-state index in [2.05, 4.69) is 10.6 Å². The zero-order chi connectivity index (χ0) is 9.97. The molecule has 0 spiro atoms. The SMILES string of the molecule is NCNc1ccc2c(c1)CCC(=O)N2. The first-order valence-electron chi connectivity index (χ1n) is 4.66. The highest BCUT2D eigenvalue weighted by atomic mass is 16.1. The predicted molar refractivity (Wildman–Crippen MR) is 56.1 cm³/mol. The number of aryl methyl sites for hydroxylation is 1. The third-order valence-corrected chi connectivity index (χ3v) is 2.31. The largest absolute Gasteiger partial charge is 0.373 e. The van der Waals surface area contributed by atoms with Crippen LogP contribution in [0.1, 0.15) is 12.0 Å². The number of benzene rings is 1. The second-order valence-electron chi connectivity index (χ2n) is 3.30. The maximum absolute atomic E-state index is 11.1. The maximum atomic E-state index is 11.1. The van der Waals surface area contributed by atoms with E-state index in [4.69, 9.17) is 5.73 Å². The van der Waals surface area contributed by atoms with Crippen LogP contribution in [0, 0.1) is 0 Å². The van der Waals surface area contributed by atoms with E-state index in [-0.39, 0.29) is 5.91 Å². The van der Waals surface area contributed by atoms with Crippen LogP contribution in [0.4, 0.5) is 11.4 Å². The standard InChI is InChI=1S/C10H13N3O/c11-6-12-8-2-3-9-7(5-8)1-4-10(14)13-9/h2-3,5,12H,1,4,6,11H2,(H,13,14). The molecule has 0 aliphatic carbocycles. The molecule has 14 heavy (non-hydrogen) atoms. The Morgan fingerprint density at radius 2 is 2.29 bits per heavy atom. The maximum Gasteiger partial charge on any atom is 0.224 e. The van der Waals surface area contributed by atoms with Gasteiger partial charge in [-0.3, -0.25) is 4.79 Å². The van der Waals surface area contributed by atoms with Crippen LogP contribution in [0.5, 0.6) is 0 Å². The fraction of sp³-hybridized carbons (Fsp3) is 0.300. The molecule has 74 valence electrons. The van der Waals surface area contributed by atoms with E-state index in [1.807, 2.05) is 18.2 Å². The Kier molecular flexibility index (Phi) is 2.37. The van der Waals surface area contributed by atoms with Crippen LogP contribution in [-0.2, 0) is 11.2 Å². The minimum atomic E-state index is 0.0945. The van der Waals surface area contributed by atoms with Gasteiger partial charge < -0.3 is 16.4 Å². The van der Waals surface area contributed by atoms with Gasteiger partial charge in [-0.1, -0.05) is 0 Å². The molecule has 0 unspecified atom stereocenters. The van der Waals surface area contributed by atoms with Crippen molar-refractivity contribution >= 4 is 17.3 Å². The molecule has 0 fully saturated rings. The number of fused-ring (bicyclic) bond motifs is 1. The Balaban J connectivity index is 2.26. The molecule has 1 aromatic carbocycles. The third-order valence-electron chi connectivity index (χ3n) is 2.31. The normalized spacial score (nSPS) is 14.5. The lowest BCUT2D eigenvalue weighted by Gasteiger charge is -2.17. The smallest absolute Gasteiger partial charge is 0.224 e. The molecule has 1 amide bonds. The van der Waals surface area contributed by atoms with E-state index in [1.54, 1.807) is 0 Å². The Morgan fingerprint density at radius 1 is 1.43 bits per heavy atom. The van der Waals surface area contributed by atoms with Crippen LogP contribution in [0.3, 0.4) is 0 Å². The van der Waals surface area contributed by atoms with Crippen molar-refractivity contribution in [2.24, 2.45) is 5.73 Å². The lowest BCUT2D eigenvalue weighted by atomic mass is 10.0. The molecule has 1 aliphatic heterocycles. The molecule has 0 bridgehead atoms. The molecule has 4 nitrogen and oxygen atoms in total. The molecule has 1 aliphatic rings. The van der Waals surface area contributed by atoms with Gasteiger partial charge in [0.15, 0.2) is 0 Å². The van der Waals surface area contributed by atoms with E-state index in [0.29, 0.717) is 13.1 Å². The fourth-order valence-corrected chi connectivity index (χ4v) is 1.61. The van der Waals surface area contributed by atoms with Gasteiger partial charge in [0.05, 0.1) is 6.67 Å². The minimum Gasteiger partial charge on any atom is -0.373 e. The Labute approximate surface area is 82.5 Å². The zero-order valence-electron chi connectivity index (χ0n) is 7.84. The van der Waals surface area contributed by atoms with E-state index >= 15 is 0 Å². The number of hydrogen-bond acceptors (Lipinski definition) is 3. The molecule has 0 radical (unpaired) electrons. The monoisotopic (exact) mass is 191 g/mol. The predicted octanol–water partition coefficient (Wildman–Crippen LogP) is 0.899. The van der Waals surface area contributed by atoms with E-state index in [9.17, 15) is 4.79 Å². The molecular formula is C10H13N3O. The molecule has 1 aromatic rings. The summed E-state index contributed by atoms with van der Waals surface area (Å²) < 4.78 is 0. The molecule has 0 aromatic heterocycles. The molecular weight excluding hydrogens is 178 g/mol. The lowest BCUT2D eigenvalue weighted by molar-refractivity contribution is -0.116. The number of carbonyl (C=O) groups is 1. The summed E-state index contributed by atoms with van der Waals surface area (Å²) in [5, 5.41) is 5.87. The summed E-state index contributed by atoms with van der Waals surface area (Å²) in [5.74, 6) is 0.0945. The number of amides is 1. The van der Waals surface area contributed by atoms with Gasteiger partial charge in [-0.25, -0.2) is 0 Å². The van der Waals surface area contributed by atoms with Gasteiger partial charge in [0.1, 0.15) is 0 Å². The summed E-state index contributed by atoms with van der Waals surface area (Å²) in [5.41, 5.74) is 8.47. The quantitative estimate of drug-likeness (QED) is 0.608.